The highest BCUT2D eigenvalue weighted by Crippen LogP contribution is 2.30. The summed E-state index contributed by atoms with van der Waals surface area (Å²) in [5.74, 6) is -0.644. The summed E-state index contributed by atoms with van der Waals surface area (Å²) in [5.41, 5.74) is 2.14. The maximum absolute atomic E-state index is 13.4. The molecule has 2 aliphatic rings. The van der Waals surface area contributed by atoms with Crippen molar-refractivity contribution in [2.45, 2.75) is 51.5 Å². The molecular formula is C26H33ClN4O4. The summed E-state index contributed by atoms with van der Waals surface area (Å²) in [5, 5.41) is 5.43. The fraction of sp³-hybridized carbons (Fsp3) is 0.538. The Hall–Kier alpha value is -2.87. The molecule has 3 heterocycles. The Morgan fingerprint density at radius 3 is 2.51 bits per heavy atom. The first-order valence-corrected chi connectivity index (χ1v) is 12.8. The van der Waals surface area contributed by atoms with Crippen LogP contribution in [0.3, 0.4) is 0 Å². The van der Waals surface area contributed by atoms with Crippen molar-refractivity contribution in [1.82, 2.24) is 19.6 Å². The van der Waals surface area contributed by atoms with Crippen LogP contribution in [0.25, 0.3) is 11.3 Å². The van der Waals surface area contributed by atoms with Crippen molar-refractivity contribution in [2.75, 3.05) is 33.3 Å². The number of carbonyl (C=O) groups is 3. The molecule has 0 aliphatic carbocycles. The summed E-state index contributed by atoms with van der Waals surface area (Å²) in [7, 11) is 1.39. The zero-order valence-corrected chi connectivity index (χ0v) is 21.2. The van der Waals surface area contributed by atoms with Gasteiger partial charge in [-0.05, 0) is 37.5 Å². The van der Waals surface area contributed by atoms with Gasteiger partial charge in [-0.25, -0.2) is 0 Å². The van der Waals surface area contributed by atoms with Crippen LogP contribution >= 0.6 is 11.6 Å². The highest BCUT2D eigenvalue weighted by atomic mass is 35.5. The van der Waals surface area contributed by atoms with Gasteiger partial charge in [0.2, 0.25) is 5.91 Å². The Kier molecular flexibility index (Phi) is 8.11. The smallest absolute Gasteiger partial charge is 0.308 e. The van der Waals surface area contributed by atoms with E-state index in [1.807, 2.05) is 35.0 Å². The number of hydrogen-bond donors (Lipinski definition) is 0. The van der Waals surface area contributed by atoms with Gasteiger partial charge in [0.25, 0.3) is 5.91 Å². The van der Waals surface area contributed by atoms with Gasteiger partial charge in [0.1, 0.15) is 12.2 Å². The molecule has 0 saturated carbocycles. The summed E-state index contributed by atoms with van der Waals surface area (Å²) >= 11 is 6.03. The summed E-state index contributed by atoms with van der Waals surface area (Å²) in [6, 6.07) is 9.25. The van der Waals surface area contributed by atoms with Crippen molar-refractivity contribution < 1.29 is 19.1 Å². The molecule has 1 fully saturated rings. The van der Waals surface area contributed by atoms with Crippen LogP contribution in [-0.2, 0) is 14.3 Å². The summed E-state index contributed by atoms with van der Waals surface area (Å²) < 4.78 is 6.69. The molecule has 0 bridgehead atoms. The van der Waals surface area contributed by atoms with E-state index in [0.29, 0.717) is 43.2 Å². The Bertz CT molecular complexity index is 1060. The molecule has 1 saturated heterocycles. The van der Waals surface area contributed by atoms with Crippen LogP contribution in [0, 0.1) is 5.92 Å². The van der Waals surface area contributed by atoms with Crippen molar-refractivity contribution >= 4 is 29.4 Å². The molecule has 188 valence electrons. The topological polar surface area (TPSA) is 84.7 Å². The first kappa shape index (κ1) is 25.2. The fourth-order valence-electron chi connectivity index (χ4n) is 4.95. The summed E-state index contributed by atoms with van der Waals surface area (Å²) in [6.07, 6.45) is 5.32. The van der Waals surface area contributed by atoms with Gasteiger partial charge in [-0.1, -0.05) is 49.9 Å². The van der Waals surface area contributed by atoms with Gasteiger partial charge in [0.05, 0.1) is 24.8 Å². The normalized spacial score (nSPS) is 18.5. The van der Waals surface area contributed by atoms with E-state index in [4.69, 9.17) is 21.4 Å². The third kappa shape index (κ3) is 5.69. The zero-order chi connectivity index (χ0) is 24.9. The number of aromatic nitrogens is 2. The predicted molar refractivity (Wildman–Crippen MR) is 133 cm³/mol. The number of hydrogen-bond acceptors (Lipinski definition) is 5. The third-order valence-electron chi connectivity index (χ3n) is 7.01. The van der Waals surface area contributed by atoms with Gasteiger partial charge in [0, 0.05) is 30.2 Å². The number of rotatable bonds is 8. The molecule has 2 amide bonds. The first-order valence-electron chi connectivity index (χ1n) is 12.4. The molecule has 0 radical (unpaired) electrons. The van der Waals surface area contributed by atoms with E-state index in [1.165, 1.54) is 7.11 Å². The molecule has 1 unspecified atom stereocenters. The number of halogens is 1. The van der Waals surface area contributed by atoms with Crippen LogP contribution in [0.15, 0.2) is 30.3 Å². The minimum absolute atomic E-state index is 0.0214. The van der Waals surface area contributed by atoms with Crippen LogP contribution < -0.4 is 0 Å². The number of nitrogens with zero attached hydrogens (tertiary/aromatic N) is 4. The molecule has 0 N–H and O–H groups in total. The van der Waals surface area contributed by atoms with E-state index >= 15 is 0 Å². The van der Waals surface area contributed by atoms with Crippen LogP contribution in [0.1, 0.15) is 62.0 Å². The Balaban J connectivity index is 1.50. The lowest BCUT2D eigenvalue weighted by Crippen LogP contribution is -2.50. The molecule has 35 heavy (non-hydrogen) atoms. The first-order chi connectivity index (χ1) is 16.9. The standard InChI is InChI=1S/C26H33ClN4O4/c1-3-4-5-6-21-16-30(17-24(32)29-13-11-19(12-14-29)26(34)35-2)25(33)23-15-22(28-31(21)23)18-7-9-20(27)10-8-18/h7-10,15,19,21H,3-6,11-14,16-17H2,1-2H3. The van der Waals surface area contributed by atoms with Gasteiger partial charge in [-0.3, -0.25) is 19.1 Å². The lowest BCUT2D eigenvalue weighted by atomic mass is 9.97. The number of likely N-dealkylation sites (tertiary alicyclic amines) is 1. The van der Waals surface area contributed by atoms with Gasteiger partial charge in [-0.15, -0.1) is 0 Å². The van der Waals surface area contributed by atoms with Crippen LogP contribution in [0.4, 0.5) is 0 Å². The second-order valence-electron chi connectivity index (χ2n) is 9.38. The number of carbonyl (C=O) groups excluding carboxylic acids is 3. The molecule has 1 aromatic carbocycles. The number of piperidine rings is 1. The van der Waals surface area contributed by atoms with Gasteiger partial charge >= 0.3 is 5.97 Å². The van der Waals surface area contributed by atoms with E-state index in [0.717, 1.165) is 36.9 Å². The second kappa shape index (κ2) is 11.2. The molecule has 1 aromatic heterocycles. The number of fused-ring (bicyclic) bond motifs is 1. The molecule has 1 atom stereocenters. The molecule has 4 rings (SSSR count). The van der Waals surface area contributed by atoms with Crippen molar-refractivity contribution in [2.24, 2.45) is 5.92 Å². The average molecular weight is 501 g/mol. The minimum Gasteiger partial charge on any atom is -0.469 e. The quantitative estimate of drug-likeness (QED) is 0.401. The second-order valence-corrected chi connectivity index (χ2v) is 9.82. The van der Waals surface area contributed by atoms with Crippen LogP contribution in [-0.4, -0.2) is 70.7 Å². The van der Waals surface area contributed by atoms with E-state index in [-0.39, 0.29) is 36.3 Å². The predicted octanol–water partition coefficient (Wildman–Crippen LogP) is 4.19. The number of methoxy groups -OCH3 is 1. The number of unbranched alkanes of at least 4 members (excludes halogenated alkanes) is 2. The summed E-state index contributed by atoms with van der Waals surface area (Å²) in [6.45, 7) is 3.66. The average Bonchev–Trinajstić information content (AvgIpc) is 3.33. The number of benzene rings is 1. The van der Waals surface area contributed by atoms with Crippen LogP contribution in [0.5, 0.6) is 0 Å². The van der Waals surface area contributed by atoms with Crippen molar-refractivity contribution in [3.63, 3.8) is 0 Å². The molecule has 2 aliphatic heterocycles. The Labute approximate surface area is 211 Å². The molecule has 8 nitrogen and oxygen atoms in total. The van der Waals surface area contributed by atoms with E-state index < -0.39 is 0 Å². The molecule has 0 spiro atoms. The SMILES string of the molecule is CCCCCC1CN(CC(=O)N2CCC(C(=O)OC)CC2)C(=O)c2cc(-c3ccc(Cl)cc3)nn21. The zero-order valence-electron chi connectivity index (χ0n) is 20.4. The highest BCUT2D eigenvalue weighted by molar-refractivity contribution is 6.30. The van der Waals surface area contributed by atoms with Gasteiger partial charge < -0.3 is 14.5 Å². The summed E-state index contributed by atoms with van der Waals surface area (Å²) in [4.78, 5) is 41.7. The lowest BCUT2D eigenvalue weighted by Gasteiger charge is -2.36. The highest BCUT2D eigenvalue weighted by Gasteiger charge is 2.35. The molecular weight excluding hydrogens is 468 g/mol. The number of ether oxygens (including phenoxy) is 1. The number of amides is 2. The Morgan fingerprint density at radius 2 is 1.86 bits per heavy atom. The molecule has 2 aromatic rings. The molecule has 9 heteroatoms. The van der Waals surface area contributed by atoms with Crippen LogP contribution in [0.2, 0.25) is 5.02 Å². The van der Waals surface area contributed by atoms with E-state index in [1.54, 1.807) is 9.80 Å². The minimum atomic E-state index is -0.219. The maximum Gasteiger partial charge on any atom is 0.308 e. The fourth-order valence-corrected chi connectivity index (χ4v) is 5.07. The lowest BCUT2D eigenvalue weighted by molar-refractivity contribution is -0.149. The van der Waals surface area contributed by atoms with Crippen molar-refractivity contribution in [1.29, 1.82) is 0 Å². The van der Waals surface area contributed by atoms with E-state index in [2.05, 4.69) is 6.92 Å². The number of esters is 1. The largest absolute Gasteiger partial charge is 0.469 e. The van der Waals surface area contributed by atoms with Crippen molar-refractivity contribution in [3.05, 3.63) is 41.0 Å². The Morgan fingerprint density at radius 1 is 1.14 bits per heavy atom. The maximum atomic E-state index is 13.4. The van der Waals surface area contributed by atoms with Gasteiger partial charge in [-0.2, -0.15) is 5.10 Å². The monoisotopic (exact) mass is 500 g/mol. The van der Waals surface area contributed by atoms with E-state index in [9.17, 15) is 14.4 Å². The third-order valence-corrected chi connectivity index (χ3v) is 7.26. The van der Waals surface area contributed by atoms with Crippen molar-refractivity contribution in [3.8, 4) is 11.3 Å². The van der Waals surface area contributed by atoms with Gasteiger partial charge in [0.15, 0.2) is 0 Å².